The molecule has 0 N–H and O–H groups in total. The standard InChI is InChI=1S/C18H18FNO2/c1-3-20-11-13(18-16(19)8-5-9-17(18)20)12-22-15-7-4-6-14(10-15)21-2/h4-11H,3,12H2,1-2H3. The van der Waals surface area contributed by atoms with E-state index in [0.717, 1.165) is 23.4 Å². The van der Waals surface area contributed by atoms with Crippen molar-refractivity contribution in [2.24, 2.45) is 0 Å². The molecule has 3 rings (SSSR count). The molecule has 0 bridgehead atoms. The van der Waals surface area contributed by atoms with Crippen molar-refractivity contribution in [2.45, 2.75) is 20.1 Å². The summed E-state index contributed by atoms with van der Waals surface area (Å²) < 4.78 is 27.2. The molecule has 0 aliphatic heterocycles. The van der Waals surface area contributed by atoms with Crippen molar-refractivity contribution >= 4 is 10.9 Å². The minimum Gasteiger partial charge on any atom is -0.497 e. The Labute approximate surface area is 128 Å². The zero-order valence-electron chi connectivity index (χ0n) is 12.7. The second-order valence-electron chi connectivity index (χ2n) is 5.04. The normalized spacial score (nSPS) is 10.9. The minimum atomic E-state index is -0.214. The summed E-state index contributed by atoms with van der Waals surface area (Å²) in [5.74, 6) is 1.22. The third-order valence-electron chi connectivity index (χ3n) is 3.71. The smallest absolute Gasteiger partial charge is 0.132 e. The molecule has 0 saturated carbocycles. The molecule has 0 radical (unpaired) electrons. The fourth-order valence-electron chi connectivity index (χ4n) is 2.62. The number of aryl methyl sites for hydroxylation is 1. The molecule has 4 heteroatoms. The molecule has 0 atom stereocenters. The lowest BCUT2D eigenvalue weighted by Gasteiger charge is -2.07. The number of aromatic nitrogens is 1. The summed E-state index contributed by atoms with van der Waals surface area (Å²) in [4.78, 5) is 0. The van der Waals surface area contributed by atoms with Crippen LogP contribution < -0.4 is 9.47 Å². The van der Waals surface area contributed by atoms with Crippen LogP contribution in [0.3, 0.4) is 0 Å². The van der Waals surface area contributed by atoms with Crippen LogP contribution in [0.15, 0.2) is 48.7 Å². The van der Waals surface area contributed by atoms with Gasteiger partial charge in [-0.2, -0.15) is 0 Å². The second-order valence-corrected chi connectivity index (χ2v) is 5.04. The van der Waals surface area contributed by atoms with Gasteiger partial charge in [-0.3, -0.25) is 0 Å². The molecule has 1 aromatic heterocycles. The van der Waals surface area contributed by atoms with E-state index in [1.54, 1.807) is 13.2 Å². The number of halogens is 1. The number of fused-ring (bicyclic) bond motifs is 1. The number of hydrogen-bond acceptors (Lipinski definition) is 2. The van der Waals surface area contributed by atoms with Crippen molar-refractivity contribution in [3.05, 3.63) is 60.0 Å². The van der Waals surface area contributed by atoms with E-state index in [4.69, 9.17) is 9.47 Å². The summed E-state index contributed by atoms with van der Waals surface area (Å²) in [5.41, 5.74) is 1.74. The first-order valence-electron chi connectivity index (χ1n) is 7.26. The second kappa shape index (κ2) is 6.10. The molecule has 2 aromatic carbocycles. The first-order chi connectivity index (χ1) is 10.7. The van der Waals surface area contributed by atoms with E-state index in [9.17, 15) is 4.39 Å². The molecular weight excluding hydrogens is 281 g/mol. The Bertz CT molecular complexity index is 795. The van der Waals surface area contributed by atoms with Gasteiger partial charge < -0.3 is 14.0 Å². The third-order valence-corrected chi connectivity index (χ3v) is 3.71. The van der Waals surface area contributed by atoms with Gasteiger partial charge in [0.05, 0.1) is 12.6 Å². The van der Waals surface area contributed by atoms with Crippen LogP contribution >= 0.6 is 0 Å². The molecule has 0 aliphatic carbocycles. The van der Waals surface area contributed by atoms with Gasteiger partial charge in [0.1, 0.15) is 23.9 Å². The molecule has 0 spiro atoms. The summed E-state index contributed by atoms with van der Waals surface area (Å²) in [6.45, 7) is 3.15. The summed E-state index contributed by atoms with van der Waals surface area (Å²) in [7, 11) is 1.61. The number of ether oxygens (including phenoxy) is 2. The lowest BCUT2D eigenvalue weighted by molar-refractivity contribution is 0.304. The van der Waals surface area contributed by atoms with Crippen LogP contribution in [0.2, 0.25) is 0 Å². The van der Waals surface area contributed by atoms with Crippen LogP contribution in [0.1, 0.15) is 12.5 Å². The first kappa shape index (κ1) is 14.4. The predicted molar refractivity (Wildman–Crippen MR) is 84.9 cm³/mol. The highest BCUT2D eigenvalue weighted by Crippen LogP contribution is 2.26. The van der Waals surface area contributed by atoms with Crippen molar-refractivity contribution in [3.63, 3.8) is 0 Å². The first-order valence-corrected chi connectivity index (χ1v) is 7.26. The molecule has 0 saturated heterocycles. The van der Waals surface area contributed by atoms with E-state index < -0.39 is 0 Å². The molecule has 0 unspecified atom stereocenters. The van der Waals surface area contributed by atoms with Gasteiger partial charge in [0.15, 0.2) is 0 Å². The Balaban J connectivity index is 1.90. The predicted octanol–water partition coefficient (Wildman–Crippen LogP) is 4.39. The molecule has 22 heavy (non-hydrogen) atoms. The summed E-state index contributed by atoms with van der Waals surface area (Å²) in [6.07, 6.45) is 1.95. The largest absolute Gasteiger partial charge is 0.497 e. The molecule has 1 heterocycles. The van der Waals surface area contributed by atoms with Crippen molar-refractivity contribution in [1.29, 1.82) is 0 Å². The topological polar surface area (TPSA) is 23.4 Å². The van der Waals surface area contributed by atoms with Gasteiger partial charge in [-0.15, -0.1) is 0 Å². The van der Waals surface area contributed by atoms with Gasteiger partial charge in [-0.1, -0.05) is 12.1 Å². The van der Waals surface area contributed by atoms with Crippen LogP contribution in [0.5, 0.6) is 11.5 Å². The fraction of sp³-hybridized carbons (Fsp3) is 0.222. The average Bonchev–Trinajstić information content (AvgIpc) is 2.92. The monoisotopic (exact) mass is 299 g/mol. The highest BCUT2D eigenvalue weighted by atomic mass is 19.1. The Hall–Kier alpha value is -2.49. The molecule has 3 aromatic rings. The van der Waals surface area contributed by atoms with E-state index >= 15 is 0 Å². The van der Waals surface area contributed by atoms with Gasteiger partial charge >= 0.3 is 0 Å². The SMILES string of the molecule is CCn1cc(COc2cccc(OC)c2)c2c(F)cccc21. The molecule has 0 aliphatic rings. The Morgan fingerprint density at radius 1 is 1.09 bits per heavy atom. The maximum Gasteiger partial charge on any atom is 0.132 e. The van der Waals surface area contributed by atoms with E-state index in [1.165, 1.54) is 6.07 Å². The number of nitrogens with zero attached hydrogens (tertiary/aromatic N) is 1. The Morgan fingerprint density at radius 2 is 1.86 bits per heavy atom. The van der Waals surface area contributed by atoms with E-state index in [-0.39, 0.29) is 5.82 Å². The lowest BCUT2D eigenvalue weighted by atomic mass is 10.2. The molecule has 3 nitrogen and oxygen atoms in total. The lowest BCUT2D eigenvalue weighted by Crippen LogP contribution is -1.96. The molecule has 114 valence electrons. The summed E-state index contributed by atoms with van der Waals surface area (Å²) >= 11 is 0. The van der Waals surface area contributed by atoms with Gasteiger partial charge in [0.25, 0.3) is 0 Å². The van der Waals surface area contributed by atoms with Crippen molar-refractivity contribution in [1.82, 2.24) is 4.57 Å². The van der Waals surface area contributed by atoms with Gasteiger partial charge in [-0.05, 0) is 31.2 Å². The Kier molecular flexibility index (Phi) is 4.00. The van der Waals surface area contributed by atoms with Crippen LogP contribution in [0.25, 0.3) is 10.9 Å². The van der Waals surface area contributed by atoms with Gasteiger partial charge in [0.2, 0.25) is 0 Å². The zero-order chi connectivity index (χ0) is 15.5. The van der Waals surface area contributed by atoms with Crippen LogP contribution in [-0.2, 0) is 13.2 Å². The minimum absolute atomic E-state index is 0.214. The quantitative estimate of drug-likeness (QED) is 0.697. The molecule has 0 amide bonds. The van der Waals surface area contributed by atoms with Gasteiger partial charge in [-0.25, -0.2) is 4.39 Å². The maximum absolute atomic E-state index is 14.2. The molecular formula is C18H18FNO2. The summed E-state index contributed by atoms with van der Waals surface area (Å²) in [6, 6.07) is 12.5. The van der Waals surface area contributed by atoms with Crippen molar-refractivity contribution < 1.29 is 13.9 Å². The fourth-order valence-corrected chi connectivity index (χ4v) is 2.62. The van der Waals surface area contributed by atoms with Crippen LogP contribution in [0.4, 0.5) is 4.39 Å². The Morgan fingerprint density at radius 3 is 2.64 bits per heavy atom. The van der Waals surface area contributed by atoms with Crippen LogP contribution in [-0.4, -0.2) is 11.7 Å². The van der Waals surface area contributed by atoms with E-state index in [2.05, 4.69) is 0 Å². The van der Waals surface area contributed by atoms with Crippen LogP contribution in [0, 0.1) is 5.82 Å². The van der Waals surface area contributed by atoms with Crippen molar-refractivity contribution in [2.75, 3.05) is 7.11 Å². The number of methoxy groups -OCH3 is 1. The number of benzene rings is 2. The number of rotatable bonds is 5. The highest BCUT2D eigenvalue weighted by molar-refractivity contribution is 5.84. The summed E-state index contributed by atoms with van der Waals surface area (Å²) in [5, 5.41) is 0.632. The third kappa shape index (κ3) is 2.64. The maximum atomic E-state index is 14.2. The molecule has 0 fully saturated rings. The van der Waals surface area contributed by atoms with Gasteiger partial charge in [0, 0.05) is 29.8 Å². The average molecular weight is 299 g/mol. The highest BCUT2D eigenvalue weighted by Gasteiger charge is 2.12. The number of hydrogen-bond donors (Lipinski definition) is 0. The van der Waals surface area contributed by atoms with E-state index in [1.807, 2.05) is 48.0 Å². The van der Waals surface area contributed by atoms with Crippen molar-refractivity contribution in [3.8, 4) is 11.5 Å². The zero-order valence-corrected chi connectivity index (χ0v) is 12.7. The van der Waals surface area contributed by atoms with E-state index in [0.29, 0.717) is 17.7 Å².